The molecule has 0 amide bonds. The number of benzene rings is 2. The fourth-order valence-electron chi connectivity index (χ4n) is 3.41. The van der Waals surface area contributed by atoms with E-state index in [-0.39, 0.29) is 16.7 Å². The molecule has 0 unspecified atom stereocenters. The smallest absolute Gasteiger partial charge is 0.335 e. The Balaban J connectivity index is 0.000000187. The van der Waals surface area contributed by atoms with Crippen LogP contribution < -0.4 is 10.2 Å². The van der Waals surface area contributed by atoms with E-state index in [1.54, 1.807) is 0 Å². The maximum atomic E-state index is 10.6. The highest BCUT2D eigenvalue weighted by atomic mass is 16.4. The fraction of sp³-hybridized carbons (Fsp3) is 0.208. The Morgan fingerprint density at radius 3 is 2.06 bits per heavy atom. The molecule has 0 bridgehead atoms. The molecule has 7 nitrogen and oxygen atoms in total. The molecule has 0 radical (unpaired) electrons. The molecule has 160 valence electrons. The maximum Gasteiger partial charge on any atom is 0.335 e. The minimum absolute atomic E-state index is 0.0277. The molecule has 0 atom stereocenters. The molecular formula is C24H25N3O4. The summed E-state index contributed by atoms with van der Waals surface area (Å²) in [6.45, 7) is 5.69. The van der Waals surface area contributed by atoms with Crippen LogP contribution in [0.3, 0.4) is 0 Å². The molecule has 2 aromatic carbocycles. The zero-order valence-corrected chi connectivity index (χ0v) is 17.3. The quantitative estimate of drug-likeness (QED) is 0.594. The zero-order valence-electron chi connectivity index (χ0n) is 17.3. The van der Waals surface area contributed by atoms with E-state index in [1.807, 2.05) is 18.5 Å². The molecule has 3 N–H and O–H groups in total. The van der Waals surface area contributed by atoms with Crippen molar-refractivity contribution in [1.82, 2.24) is 10.3 Å². The summed E-state index contributed by atoms with van der Waals surface area (Å²) in [6.07, 6.45) is 3.89. The van der Waals surface area contributed by atoms with E-state index < -0.39 is 11.9 Å². The van der Waals surface area contributed by atoms with Gasteiger partial charge in [-0.1, -0.05) is 36.4 Å². The maximum absolute atomic E-state index is 10.6. The van der Waals surface area contributed by atoms with Gasteiger partial charge in [0.05, 0.1) is 23.0 Å². The van der Waals surface area contributed by atoms with Crippen LogP contribution in [-0.2, 0) is 0 Å². The molecule has 1 fully saturated rings. The number of hydrogen-bond donors (Lipinski definition) is 3. The number of nitrogens with zero attached hydrogens (tertiary/aromatic N) is 2. The molecule has 1 aliphatic heterocycles. The summed E-state index contributed by atoms with van der Waals surface area (Å²) < 4.78 is 0. The van der Waals surface area contributed by atoms with Crippen LogP contribution in [-0.4, -0.2) is 53.3 Å². The Morgan fingerprint density at radius 1 is 0.871 bits per heavy atom. The molecule has 0 saturated carbocycles. The number of aromatic carboxylic acids is 2. The number of carboxylic acid groups (broad SMARTS) is 2. The highest BCUT2D eigenvalue weighted by Gasteiger charge is 2.14. The van der Waals surface area contributed by atoms with Gasteiger partial charge < -0.3 is 20.4 Å². The number of carbonyl (C=O) groups is 2. The molecule has 4 rings (SSSR count). The first-order valence-electron chi connectivity index (χ1n) is 9.99. The lowest BCUT2D eigenvalue weighted by Crippen LogP contribution is -2.43. The van der Waals surface area contributed by atoms with Gasteiger partial charge in [0.1, 0.15) is 0 Å². The van der Waals surface area contributed by atoms with Crippen molar-refractivity contribution in [2.24, 2.45) is 0 Å². The first-order chi connectivity index (χ1) is 15.0. The van der Waals surface area contributed by atoms with Gasteiger partial charge in [-0.05, 0) is 36.2 Å². The first-order valence-corrected chi connectivity index (χ1v) is 9.99. The standard InChI is InChI=1S/C15H17N3.C9H8O4/c1-2-4-13(5-3-1)14-10-15(12-17-11-14)18-8-6-16-7-9-18;1-5-6(8(10)11)3-2-4-7(5)9(12)13/h1-5,10-12,16H,6-9H2;2-4H,1H3,(H,10,11)(H,12,13). The summed E-state index contributed by atoms with van der Waals surface area (Å²) in [4.78, 5) is 28.0. The van der Waals surface area contributed by atoms with Gasteiger partial charge >= 0.3 is 11.9 Å². The zero-order chi connectivity index (χ0) is 22.2. The van der Waals surface area contributed by atoms with Crippen molar-refractivity contribution in [2.45, 2.75) is 6.92 Å². The van der Waals surface area contributed by atoms with Crippen LogP contribution in [0.4, 0.5) is 5.69 Å². The van der Waals surface area contributed by atoms with Crippen molar-refractivity contribution < 1.29 is 19.8 Å². The SMILES string of the molecule is Cc1c(C(=O)O)cccc1C(=O)O.c1ccc(-c2cncc(N3CCNCC3)c2)cc1. The normalized spacial score (nSPS) is 13.1. The highest BCUT2D eigenvalue weighted by molar-refractivity contribution is 5.96. The van der Waals surface area contributed by atoms with Gasteiger partial charge in [0.15, 0.2) is 0 Å². The van der Waals surface area contributed by atoms with E-state index in [0.717, 1.165) is 26.2 Å². The topological polar surface area (TPSA) is 103 Å². The molecular weight excluding hydrogens is 394 g/mol. The number of aromatic nitrogens is 1. The molecule has 31 heavy (non-hydrogen) atoms. The van der Waals surface area contributed by atoms with E-state index >= 15 is 0 Å². The summed E-state index contributed by atoms with van der Waals surface area (Å²) in [7, 11) is 0. The van der Waals surface area contributed by atoms with Gasteiger partial charge in [-0.2, -0.15) is 0 Å². The van der Waals surface area contributed by atoms with Crippen LogP contribution in [0.25, 0.3) is 11.1 Å². The Kier molecular flexibility index (Phi) is 7.35. The summed E-state index contributed by atoms with van der Waals surface area (Å²) >= 11 is 0. The lowest BCUT2D eigenvalue weighted by Gasteiger charge is -2.29. The minimum Gasteiger partial charge on any atom is -0.478 e. The summed E-state index contributed by atoms with van der Waals surface area (Å²) in [5.41, 5.74) is 3.97. The molecule has 0 spiro atoms. The number of rotatable bonds is 4. The number of pyridine rings is 1. The third-order valence-electron chi connectivity index (χ3n) is 5.11. The van der Waals surface area contributed by atoms with Crippen LogP contribution in [0, 0.1) is 6.92 Å². The van der Waals surface area contributed by atoms with Crippen molar-refractivity contribution in [3.63, 3.8) is 0 Å². The van der Waals surface area contributed by atoms with Crippen LogP contribution >= 0.6 is 0 Å². The van der Waals surface area contributed by atoms with Crippen LogP contribution in [0.5, 0.6) is 0 Å². The third kappa shape index (κ3) is 5.67. The van der Waals surface area contributed by atoms with Gasteiger partial charge in [0, 0.05) is 37.9 Å². The summed E-state index contributed by atoms with van der Waals surface area (Å²) in [5, 5.41) is 20.7. The number of piperazine rings is 1. The van der Waals surface area contributed by atoms with Crippen LogP contribution in [0.2, 0.25) is 0 Å². The summed E-state index contributed by atoms with van der Waals surface area (Å²) in [5.74, 6) is -2.22. The molecule has 1 aromatic heterocycles. The van der Waals surface area contributed by atoms with E-state index in [4.69, 9.17) is 10.2 Å². The Bertz CT molecular complexity index is 1020. The molecule has 0 aliphatic carbocycles. The average molecular weight is 419 g/mol. The van der Waals surface area contributed by atoms with Gasteiger partial charge in [-0.3, -0.25) is 4.98 Å². The largest absolute Gasteiger partial charge is 0.478 e. The number of anilines is 1. The van der Waals surface area contributed by atoms with Crippen LogP contribution in [0.1, 0.15) is 26.3 Å². The Morgan fingerprint density at radius 2 is 1.48 bits per heavy atom. The molecule has 2 heterocycles. The second-order valence-electron chi connectivity index (χ2n) is 7.12. The molecule has 3 aromatic rings. The Hall–Kier alpha value is -3.71. The number of hydrogen-bond acceptors (Lipinski definition) is 5. The molecule has 1 aliphatic rings. The van der Waals surface area contributed by atoms with E-state index in [9.17, 15) is 9.59 Å². The predicted molar refractivity (Wildman–Crippen MR) is 120 cm³/mol. The molecule has 1 saturated heterocycles. The third-order valence-corrected chi connectivity index (χ3v) is 5.11. The summed E-state index contributed by atoms with van der Waals surface area (Å²) in [6, 6.07) is 16.8. The second kappa shape index (κ2) is 10.4. The number of carboxylic acids is 2. The Labute approximate surface area is 181 Å². The van der Waals surface area contributed by atoms with E-state index in [2.05, 4.69) is 45.5 Å². The average Bonchev–Trinajstić information content (AvgIpc) is 2.80. The van der Waals surface area contributed by atoms with E-state index in [0.29, 0.717) is 0 Å². The van der Waals surface area contributed by atoms with Crippen molar-refractivity contribution in [3.8, 4) is 11.1 Å². The fourth-order valence-corrected chi connectivity index (χ4v) is 3.41. The van der Waals surface area contributed by atoms with Crippen molar-refractivity contribution in [1.29, 1.82) is 0 Å². The van der Waals surface area contributed by atoms with Gasteiger partial charge in [0.2, 0.25) is 0 Å². The minimum atomic E-state index is -1.11. The predicted octanol–water partition coefficient (Wildman–Crippen LogP) is 3.55. The lowest BCUT2D eigenvalue weighted by atomic mass is 10.0. The van der Waals surface area contributed by atoms with Gasteiger partial charge in [0.25, 0.3) is 0 Å². The van der Waals surface area contributed by atoms with E-state index in [1.165, 1.54) is 41.9 Å². The van der Waals surface area contributed by atoms with Crippen molar-refractivity contribution in [2.75, 3.05) is 31.1 Å². The number of nitrogens with one attached hydrogen (secondary N) is 1. The second-order valence-corrected chi connectivity index (χ2v) is 7.12. The van der Waals surface area contributed by atoms with Crippen molar-refractivity contribution in [3.05, 3.63) is 83.7 Å². The van der Waals surface area contributed by atoms with Crippen molar-refractivity contribution >= 4 is 17.6 Å². The highest BCUT2D eigenvalue weighted by Crippen LogP contribution is 2.23. The van der Waals surface area contributed by atoms with Crippen LogP contribution in [0.15, 0.2) is 67.0 Å². The first kappa shape index (κ1) is 22.0. The monoisotopic (exact) mass is 419 g/mol. The van der Waals surface area contributed by atoms with Gasteiger partial charge in [-0.15, -0.1) is 0 Å². The lowest BCUT2D eigenvalue weighted by molar-refractivity contribution is 0.0696. The molecule has 7 heteroatoms. The van der Waals surface area contributed by atoms with Gasteiger partial charge in [-0.25, -0.2) is 9.59 Å².